The minimum atomic E-state index is 0.545. The Morgan fingerprint density at radius 1 is 1.14 bits per heavy atom. The predicted octanol–water partition coefficient (Wildman–Crippen LogP) is 3.02. The number of hydrogen-bond donors (Lipinski definition) is 2. The largest absolute Gasteiger partial charge is 0.493 e. The van der Waals surface area contributed by atoms with Gasteiger partial charge < -0.3 is 20.3 Å². The summed E-state index contributed by atoms with van der Waals surface area (Å²) in [4.78, 5) is 15.6. The van der Waals surface area contributed by atoms with Gasteiger partial charge in [0.25, 0.3) is 0 Å². The zero-order valence-electron chi connectivity index (χ0n) is 15.7. The summed E-state index contributed by atoms with van der Waals surface area (Å²) < 4.78 is 5.93. The zero-order chi connectivity index (χ0) is 19.0. The molecule has 4 rings (SSSR count). The summed E-state index contributed by atoms with van der Waals surface area (Å²) >= 11 is 1.56. The maximum absolute atomic E-state index is 5.93. The zero-order valence-corrected chi connectivity index (χ0v) is 16.5. The van der Waals surface area contributed by atoms with Crippen LogP contribution in [0.2, 0.25) is 0 Å². The maximum Gasteiger partial charge on any atom is 0.227 e. The second-order valence-electron chi connectivity index (χ2n) is 6.55. The molecule has 0 radical (unpaired) electrons. The average Bonchev–Trinajstić information content (AvgIpc) is 3.28. The molecule has 1 saturated heterocycles. The first-order valence-electron chi connectivity index (χ1n) is 9.53. The van der Waals surface area contributed by atoms with E-state index in [1.807, 2.05) is 35.7 Å². The van der Waals surface area contributed by atoms with Gasteiger partial charge in [-0.25, -0.2) is 15.0 Å². The topological polar surface area (TPSA) is 75.2 Å². The highest BCUT2D eigenvalue weighted by molar-refractivity contribution is 7.13. The maximum atomic E-state index is 5.93. The van der Waals surface area contributed by atoms with E-state index in [4.69, 9.17) is 4.74 Å². The van der Waals surface area contributed by atoms with E-state index in [9.17, 15) is 0 Å². The van der Waals surface area contributed by atoms with Crippen LogP contribution < -0.4 is 15.4 Å². The predicted molar refractivity (Wildman–Crippen MR) is 112 cm³/mol. The molecule has 7 nitrogen and oxygen atoms in total. The molecule has 146 valence electrons. The van der Waals surface area contributed by atoms with E-state index in [1.54, 1.807) is 23.7 Å². The van der Waals surface area contributed by atoms with Gasteiger partial charge >= 0.3 is 0 Å². The normalized spacial score (nSPS) is 14.7. The molecular formula is C20H24N6OS. The van der Waals surface area contributed by atoms with Crippen LogP contribution in [0.15, 0.2) is 48.1 Å². The number of nitrogens with zero attached hydrogens (tertiary/aromatic N) is 4. The molecule has 0 saturated carbocycles. The van der Waals surface area contributed by atoms with Crippen LogP contribution in [0.4, 0.5) is 11.6 Å². The van der Waals surface area contributed by atoms with E-state index in [1.165, 1.54) is 0 Å². The Morgan fingerprint density at radius 2 is 2.07 bits per heavy atom. The van der Waals surface area contributed by atoms with Crippen molar-refractivity contribution in [1.82, 2.24) is 25.2 Å². The fourth-order valence-electron chi connectivity index (χ4n) is 3.09. The summed E-state index contributed by atoms with van der Waals surface area (Å²) in [5.41, 5.74) is 1.71. The monoisotopic (exact) mass is 396 g/mol. The molecule has 2 aromatic heterocycles. The highest BCUT2D eigenvalue weighted by Gasteiger charge is 2.09. The van der Waals surface area contributed by atoms with Gasteiger partial charge in [0.2, 0.25) is 5.95 Å². The van der Waals surface area contributed by atoms with Gasteiger partial charge in [0.1, 0.15) is 16.5 Å². The Balaban J connectivity index is 1.30. The van der Waals surface area contributed by atoms with Crippen LogP contribution in [0.25, 0.3) is 10.7 Å². The number of ether oxygens (including phenoxy) is 1. The smallest absolute Gasteiger partial charge is 0.227 e. The Morgan fingerprint density at radius 3 is 2.93 bits per heavy atom. The number of anilines is 2. The first kappa shape index (κ1) is 18.8. The van der Waals surface area contributed by atoms with E-state index in [0.29, 0.717) is 12.6 Å². The number of rotatable bonds is 8. The van der Waals surface area contributed by atoms with Crippen LogP contribution >= 0.6 is 11.3 Å². The summed E-state index contributed by atoms with van der Waals surface area (Å²) in [6.45, 7) is 6.21. The van der Waals surface area contributed by atoms with Crippen molar-refractivity contribution in [3.63, 3.8) is 0 Å². The van der Waals surface area contributed by atoms with Crippen molar-refractivity contribution in [3.8, 4) is 16.5 Å². The number of nitrogens with one attached hydrogen (secondary N) is 2. The van der Waals surface area contributed by atoms with Crippen molar-refractivity contribution in [3.05, 3.63) is 48.1 Å². The third kappa shape index (κ3) is 5.25. The summed E-state index contributed by atoms with van der Waals surface area (Å²) in [6.07, 6.45) is 4.54. The van der Waals surface area contributed by atoms with Gasteiger partial charge in [0.15, 0.2) is 0 Å². The van der Waals surface area contributed by atoms with Gasteiger partial charge in [-0.2, -0.15) is 0 Å². The minimum absolute atomic E-state index is 0.545. The molecule has 2 N–H and O–H groups in total. The fourth-order valence-corrected chi connectivity index (χ4v) is 3.70. The van der Waals surface area contributed by atoms with Gasteiger partial charge in [-0.05, 0) is 24.6 Å². The van der Waals surface area contributed by atoms with Crippen molar-refractivity contribution in [2.24, 2.45) is 0 Å². The second kappa shape index (κ2) is 9.59. The second-order valence-corrected chi connectivity index (χ2v) is 7.44. The lowest BCUT2D eigenvalue weighted by molar-refractivity contribution is 0.214. The molecule has 28 heavy (non-hydrogen) atoms. The van der Waals surface area contributed by atoms with E-state index < -0.39 is 0 Å². The van der Waals surface area contributed by atoms with Crippen molar-refractivity contribution in [2.75, 3.05) is 44.6 Å². The van der Waals surface area contributed by atoms with Crippen LogP contribution in [0.3, 0.4) is 0 Å². The average molecular weight is 397 g/mol. The number of piperazine rings is 1. The van der Waals surface area contributed by atoms with Crippen LogP contribution in [0, 0.1) is 0 Å². The molecule has 0 aliphatic carbocycles. The van der Waals surface area contributed by atoms with E-state index in [-0.39, 0.29) is 0 Å². The molecule has 0 atom stereocenters. The Bertz CT molecular complexity index is 867. The molecule has 0 amide bonds. The SMILES string of the molecule is c1cc(Nc2nccc(-c3nccs3)n2)cc(OCCCN2CCNCC2)c1. The summed E-state index contributed by atoms with van der Waals surface area (Å²) in [7, 11) is 0. The molecule has 0 spiro atoms. The van der Waals surface area contributed by atoms with Crippen LogP contribution in [0.5, 0.6) is 5.75 Å². The van der Waals surface area contributed by atoms with Crippen LogP contribution in [-0.4, -0.2) is 59.2 Å². The minimum Gasteiger partial charge on any atom is -0.493 e. The lowest BCUT2D eigenvalue weighted by atomic mass is 10.3. The fraction of sp³-hybridized carbons (Fsp3) is 0.350. The van der Waals surface area contributed by atoms with E-state index >= 15 is 0 Å². The molecule has 0 unspecified atom stereocenters. The molecule has 3 heterocycles. The van der Waals surface area contributed by atoms with Crippen molar-refractivity contribution < 1.29 is 4.74 Å². The quantitative estimate of drug-likeness (QED) is 0.567. The van der Waals surface area contributed by atoms with Crippen LogP contribution in [-0.2, 0) is 0 Å². The molecular weight excluding hydrogens is 372 g/mol. The standard InChI is InChI=1S/C20H24N6OS/c1-3-16(24-20-23-6-5-18(25-20)19-22-9-14-28-19)15-17(4-1)27-13-2-10-26-11-7-21-8-12-26/h1,3-6,9,14-15,21H,2,7-8,10-13H2,(H,23,24,25). The van der Waals surface area contributed by atoms with Crippen molar-refractivity contribution in [2.45, 2.75) is 6.42 Å². The molecule has 1 fully saturated rings. The van der Waals surface area contributed by atoms with Gasteiger partial charge in [-0.15, -0.1) is 11.3 Å². The highest BCUT2D eigenvalue weighted by Crippen LogP contribution is 2.23. The van der Waals surface area contributed by atoms with Crippen LogP contribution in [0.1, 0.15) is 6.42 Å². The van der Waals surface area contributed by atoms with Crippen molar-refractivity contribution >= 4 is 23.0 Å². The van der Waals surface area contributed by atoms with Gasteiger partial charge in [-0.3, -0.25) is 0 Å². The van der Waals surface area contributed by atoms with E-state index in [2.05, 4.69) is 30.5 Å². The lowest BCUT2D eigenvalue weighted by Crippen LogP contribution is -2.43. The van der Waals surface area contributed by atoms with Gasteiger partial charge in [-0.1, -0.05) is 6.07 Å². The Labute approximate surface area is 168 Å². The first-order chi connectivity index (χ1) is 13.9. The third-order valence-electron chi connectivity index (χ3n) is 4.49. The first-order valence-corrected chi connectivity index (χ1v) is 10.4. The number of thiazole rings is 1. The lowest BCUT2D eigenvalue weighted by Gasteiger charge is -2.26. The molecule has 1 aromatic carbocycles. The Kier molecular flexibility index (Phi) is 6.44. The molecule has 0 bridgehead atoms. The molecule has 8 heteroatoms. The third-order valence-corrected chi connectivity index (χ3v) is 5.29. The summed E-state index contributed by atoms with van der Waals surface area (Å²) in [5, 5.41) is 9.44. The number of benzene rings is 1. The summed E-state index contributed by atoms with van der Waals surface area (Å²) in [5.74, 6) is 1.39. The Hall–Kier alpha value is -2.55. The number of aromatic nitrogens is 3. The summed E-state index contributed by atoms with van der Waals surface area (Å²) in [6, 6.07) is 9.76. The van der Waals surface area contributed by atoms with E-state index in [0.717, 1.165) is 61.3 Å². The van der Waals surface area contributed by atoms with Gasteiger partial charge in [0.05, 0.1) is 6.61 Å². The molecule has 1 aliphatic heterocycles. The van der Waals surface area contributed by atoms with Crippen molar-refractivity contribution in [1.29, 1.82) is 0 Å². The molecule has 3 aromatic rings. The highest BCUT2D eigenvalue weighted by atomic mass is 32.1. The molecule has 1 aliphatic rings. The number of hydrogen-bond acceptors (Lipinski definition) is 8. The van der Waals surface area contributed by atoms with Gasteiger partial charge in [0, 0.05) is 62.3 Å².